The Labute approximate surface area is 314 Å². The first-order valence-electron chi connectivity index (χ1n) is 17.4. The van der Waals surface area contributed by atoms with Crippen LogP contribution >= 0.6 is 22.9 Å². The molecule has 11 nitrogen and oxygen atoms in total. The number of carbonyl (C=O) groups is 3. The second kappa shape index (κ2) is 19.9. The summed E-state index contributed by atoms with van der Waals surface area (Å²) in [4.78, 5) is 47.2. The van der Waals surface area contributed by atoms with E-state index in [1.165, 1.54) is 33.3 Å². The molecule has 4 amide bonds. The zero-order valence-electron chi connectivity index (χ0n) is 30.7. The molecular formula is C39H50N6O5S2. The number of hydrogen-bond donors (Lipinski definition) is 4. The van der Waals surface area contributed by atoms with E-state index >= 15 is 0 Å². The van der Waals surface area contributed by atoms with Gasteiger partial charge in [-0.1, -0.05) is 80.1 Å². The summed E-state index contributed by atoms with van der Waals surface area (Å²) < 4.78 is 9.47. The van der Waals surface area contributed by atoms with E-state index in [4.69, 9.17) is 9.72 Å². The van der Waals surface area contributed by atoms with E-state index in [1.54, 1.807) is 19.3 Å². The Bertz CT molecular complexity index is 1740. The van der Waals surface area contributed by atoms with E-state index in [9.17, 15) is 19.5 Å². The van der Waals surface area contributed by atoms with Crippen LogP contribution in [0.25, 0.3) is 5.57 Å². The summed E-state index contributed by atoms with van der Waals surface area (Å²) >= 11 is 2.78. The zero-order chi connectivity index (χ0) is 37.6. The Kier molecular flexibility index (Phi) is 15.4. The largest absolute Gasteiger partial charge is 0.444 e. The van der Waals surface area contributed by atoms with Crippen LogP contribution in [0.15, 0.2) is 83.9 Å². The number of nitrogens with one attached hydrogen (secondary N) is 3. The predicted octanol–water partition coefficient (Wildman–Crippen LogP) is 6.60. The molecule has 4 atom stereocenters. The van der Waals surface area contributed by atoms with Crippen molar-refractivity contribution in [3.63, 3.8) is 0 Å². The van der Waals surface area contributed by atoms with Gasteiger partial charge in [-0.3, -0.25) is 4.79 Å². The third-order valence-electron chi connectivity index (χ3n) is 8.70. The number of aliphatic hydroxyl groups is 1. The van der Waals surface area contributed by atoms with Crippen LogP contribution in [-0.2, 0) is 35.5 Å². The number of aromatic nitrogens is 2. The quantitative estimate of drug-likeness (QED) is 0.0954. The number of amides is 4. The molecule has 0 aliphatic rings. The zero-order valence-corrected chi connectivity index (χ0v) is 32.3. The molecule has 0 fully saturated rings. The molecule has 0 aliphatic carbocycles. The van der Waals surface area contributed by atoms with Crippen LogP contribution in [0.4, 0.5) is 9.59 Å². The van der Waals surface area contributed by atoms with Crippen molar-refractivity contribution < 1.29 is 24.2 Å². The van der Waals surface area contributed by atoms with Crippen molar-refractivity contribution in [2.45, 2.75) is 91.3 Å². The Morgan fingerprint density at radius 1 is 0.904 bits per heavy atom. The Morgan fingerprint density at radius 3 is 2.15 bits per heavy atom. The lowest BCUT2D eigenvalue weighted by Crippen LogP contribution is -2.55. The lowest BCUT2D eigenvalue weighted by Gasteiger charge is -2.30. The van der Waals surface area contributed by atoms with Gasteiger partial charge in [0.25, 0.3) is 0 Å². The monoisotopic (exact) mass is 746 g/mol. The molecule has 4 rings (SSSR count). The highest BCUT2D eigenvalue weighted by molar-refractivity contribution is 7.10. The molecule has 0 spiro atoms. The van der Waals surface area contributed by atoms with E-state index in [-0.39, 0.29) is 31.4 Å². The van der Waals surface area contributed by atoms with Crippen LogP contribution in [0.1, 0.15) is 67.7 Å². The molecule has 2 heterocycles. The van der Waals surface area contributed by atoms with Gasteiger partial charge in [-0.2, -0.15) is 0 Å². The molecule has 0 radical (unpaired) electrons. The van der Waals surface area contributed by atoms with Crippen LogP contribution in [0.2, 0.25) is 0 Å². The number of allylic oxidation sites excluding steroid dienone is 2. The van der Waals surface area contributed by atoms with E-state index in [1.807, 2.05) is 101 Å². The minimum atomic E-state index is -1.05. The SMILES string of the molecule is CC(C)=C(C)c1nc(CN(C)C(=O)N[C@H](C(=O)N[C@@H](Cc2ccccc2)C[C@H](O)[C@H](Cc2ccccc2)NC(=O)OCc2ccns2)C(C)C)cs1. The number of rotatable bonds is 17. The Hall–Kier alpha value is -4.59. The number of urea groups is 1. The van der Waals surface area contributed by atoms with Crippen LogP contribution in [0.3, 0.4) is 0 Å². The number of aliphatic hydroxyl groups excluding tert-OH is 1. The molecule has 2 aromatic heterocycles. The number of nitrogens with zero attached hydrogens (tertiary/aromatic N) is 3. The Balaban J connectivity index is 1.46. The molecule has 4 aromatic rings. The molecular weight excluding hydrogens is 697 g/mol. The van der Waals surface area contributed by atoms with Gasteiger partial charge in [-0.05, 0) is 80.3 Å². The normalized spacial score (nSPS) is 13.4. The molecule has 13 heteroatoms. The number of hydrogen-bond acceptors (Lipinski definition) is 9. The maximum absolute atomic E-state index is 13.9. The maximum atomic E-state index is 13.9. The fourth-order valence-electron chi connectivity index (χ4n) is 5.49. The fourth-order valence-corrected chi connectivity index (χ4v) is 6.91. The van der Waals surface area contributed by atoms with Crippen molar-refractivity contribution in [2.75, 3.05) is 7.05 Å². The molecule has 0 saturated heterocycles. The number of ether oxygens (including phenoxy) is 1. The highest BCUT2D eigenvalue weighted by Gasteiger charge is 2.31. The van der Waals surface area contributed by atoms with Gasteiger partial charge < -0.3 is 30.7 Å². The lowest BCUT2D eigenvalue weighted by molar-refractivity contribution is -0.124. The van der Waals surface area contributed by atoms with Crippen LogP contribution in [0, 0.1) is 5.92 Å². The van der Waals surface area contributed by atoms with Crippen molar-refractivity contribution in [3.05, 3.63) is 111 Å². The van der Waals surface area contributed by atoms with Gasteiger partial charge >= 0.3 is 12.1 Å². The van der Waals surface area contributed by atoms with Crippen LogP contribution in [0.5, 0.6) is 0 Å². The summed E-state index contributed by atoms with van der Waals surface area (Å²) in [7, 11) is 1.67. The number of carbonyl (C=O) groups excluding carboxylic acids is 3. The second-order valence-corrected chi connectivity index (χ2v) is 15.3. The molecule has 0 unspecified atom stereocenters. The summed E-state index contributed by atoms with van der Waals surface area (Å²) in [6, 6.07) is 18.5. The minimum absolute atomic E-state index is 0.0647. The van der Waals surface area contributed by atoms with Gasteiger partial charge in [0.05, 0.1) is 29.3 Å². The fraction of sp³-hybridized carbons (Fsp3) is 0.410. The van der Waals surface area contributed by atoms with Crippen molar-refractivity contribution >= 4 is 46.5 Å². The molecule has 0 saturated carbocycles. The van der Waals surface area contributed by atoms with E-state index < -0.39 is 36.4 Å². The first-order valence-corrected chi connectivity index (χ1v) is 19.0. The van der Waals surface area contributed by atoms with E-state index in [0.29, 0.717) is 12.8 Å². The molecule has 2 aromatic carbocycles. The average Bonchev–Trinajstić information content (AvgIpc) is 3.82. The van der Waals surface area contributed by atoms with Crippen molar-refractivity contribution in [2.24, 2.45) is 5.92 Å². The Morgan fingerprint density at radius 2 is 1.56 bits per heavy atom. The third-order valence-corrected chi connectivity index (χ3v) is 10.4. The van der Waals surface area contributed by atoms with Crippen molar-refractivity contribution in [1.82, 2.24) is 30.2 Å². The molecule has 0 aliphatic heterocycles. The molecule has 52 heavy (non-hydrogen) atoms. The third kappa shape index (κ3) is 12.6. The van der Waals surface area contributed by atoms with Gasteiger partial charge in [0.15, 0.2) is 0 Å². The number of benzene rings is 2. The maximum Gasteiger partial charge on any atom is 0.407 e. The summed E-state index contributed by atoms with van der Waals surface area (Å²) in [6.07, 6.45) is 0.819. The van der Waals surface area contributed by atoms with Crippen LogP contribution < -0.4 is 16.0 Å². The van der Waals surface area contributed by atoms with Gasteiger partial charge in [0.2, 0.25) is 5.91 Å². The second-order valence-electron chi connectivity index (χ2n) is 13.5. The highest BCUT2D eigenvalue weighted by atomic mass is 32.1. The van der Waals surface area contributed by atoms with Gasteiger partial charge in [0, 0.05) is 24.7 Å². The predicted molar refractivity (Wildman–Crippen MR) is 207 cm³/mol. The van der Waals surface area contributed by atoms with Gasteiger partial charge in [0.1, 0.15) is 17.7 Å². The summed E-state index contributed by atoms with van der Waals surface area (Å²) in [5, 5.41) is 23.4. The summed E-state index contributed by atoms with van der Waals surface area (Å²) in [6.45, 7) is 10.2. The standard InChI is InChI=1S/C39H50N6O5S2/c1-25(2)27(5)37-42-31(24-51-37)22-45(6)38(48)44-35(26(3)4)36(47)41-30(19-28-13-9-7-10-14-28)21-34(46)33(20-29-15-11-8-12-16-29)43-39(49)50-23-32-17-18-40-52-32/h7-18,24,26,30,33-35,46H,19-23H2,1-6H3,(H,41,47)(H,43,49)(H,44,48)/t30-,33-,34-,35-/m0/s1. The highest BCUT2D eigenvalue weighted by Crippen LogP contribution is 2.23. The summed E-state index contributed by atoms with van der Waals surface area (Å²) in [5.41, 5.74) is 4.96. The van der Waals surface area contributed by atoms with E-state index in [2.05, 4.69) is 20.3 Å². The van der Waals surface area contributed by atoms with E-state index in [0.717, 1.165) is 32.3 Å². The first kappa shape index (κ1) is 40.2. The van der Waals surface area contributed by atoms with Gasteiger partial charge in [-0.25, -0.2) is 18.9 Å². The lowest BCUT2D eigenvalue weighted by atomic mass is 9.93. The first-order chi connectivity index (χ1) is 24.9. The van der Waals surface area contributed by atoms with Crippen molar-refractivity contribution in [1.29, 1.82) is 0 Å². The molecule has 278 valence electrons. The topological polar surface area (TPSA) is 146 Å². The average molecular weight is 747 g/mol. The molecule has 4 N–H and O–H groups in total. The molecule has 0 bridgehead atoms. The number of thiazole rings is 1. The number of alkyl carbamates (subject to hydrolysis) is 1. The van der Waals surface area contributed by atoms with Gasteiger partial charge in [-0.15, -0.1) is 11.3 Å². The minimum Gasteiger partial charge on any atom is -0.444 e. The summed E-state index contributed by atoms with van der Waals surface area (Å²) in [5.74, 6) is -0.594. The van der Waals surface area contributed by atoms with Crippen molar-refractivity contribution in [3.8, 4) is 0 Å². The smallest absolute Gasteiger partial charge is 0.407 e. The van der Waals surface area contributed by atoms with Crippen LogP contribution in [-0.4, -0.2) is 68.7 Å².